The minimum atomic E-state index is -4.60. The van der Waals surface area contributed by atoms with Crippen LogP contribution >= 0.6 is 15.9 Å². The van der Waals surface area contributed by atoms with Crippen LogP contribution in [0.4, 0.5) is 8.28 Å². The van der Waals surface area contributed by atoms with E-state index in [1.807, 2.05) is 0 Å². The van der Waals surface area contributed by atoms with Gasteiger partial charge in [-0.3, -0.25) is 4.79 Å². The molecule has 0 aromatic heterocycles. The van der Waals surface area contributed by atoms with Crippen molar-refractivity contribution < 1.29 is 21.5 Å². The van der Waals surface area contributed by atoms with Crippen molar-refractivity contribution in [1.29, 1.82) is 0 Å². The third-order valence-electron chi connectivity index (χ3n) is 3.11. The molecular weight excluding hydrogens is 356 g/mol. The molecule has 1 unspecified atom stereocenters. The van der Waals surface area contributed by atoms with Crippen molar-refractivity contribution in [3.63, 3.8) is 0 Å². The summed E-state index contributed by atoms with van der Waals surface area (Å²) in [5.74, 6) is -1.98. The van der Waals surface area contributed by atoms with Gasteiger partial charge in [0.05, 0.1) is 5.75 Å². The van der Waals surface area contributed by atoms with E-state index >= 15 is 0 Å². The summed E-state index contributed by atoms with van der Waals surface area (Å²) in [7, 11) is -4.60. The lowest BCUT2D eigenvalue weighted by molar-refractivity contribution is -0.128. The third kappa shape index (κ3) is 3.99. The smallest absolute Gasteiger partial charge is 0.302 e. The van der Waals surface area contributed by atoms with Crippen molar-refractivity contribution >= 4 is 32.1 Å². The molecule has 1 fully saturated rings. The summed E-state index contributed by atoms with van der Waals surface area (Å²) in [4.78, 5) is 13.1. The molecule has 1 aromatic carbocycles. The largest absolute Gasteiger partial charge is 0.338 e. The molecule has 1 amide bonds. The zero-order valence-electron chi connectivity index (χ0n) is 10.4. The van der Waals surface area contributed by atoms with Crippen LogP contribution < -0.4 is 0 Å². The van der Waals surface area contributed by atoms with Crippen LogP contribution in [-0.4, -0.2) is 31.5 Å². The lowest BCUT2D eigenvalue weighted by Crippen LogP contribution is -2.25. The Hall–Kier alpha value is -1.02. The van der Waals surface area contributed by atoms with Gasteiger partial charge in [0.2, 0.25) is 5.91 Å². The molecule has 0 N–H and O–H groups in total. The van der Waals surface area contributed by atoms with Gasteiger partial charge < -0.3 is 4.90 Å². The van der Waals surface area contributed by atoms with Gasteiger partial charge in [0.15, 0.2) is 0 Å². The molecule has 1 atom stereocenters. The number of benzene rings is 1. The average Bonchev–Trinajstić information content (AvgIpc) is 2.60. The fourth-order valence-corrected chi connectivity index (χ4v) is 3.38. The number of carbonyl (C=O) groups excluding carboxylic acids is 1. The fourth-order valence-electron chi connectivity index (χ4n) is 2.26. The molecule has 0 spiro atoms. The van der Waals surface area contributed by atoms with Crippen LogP contribution in [0.15, 0.2) is 22.7 Å². The number of likely N-dealkylation sites (tertiary alicyclic amines) is 1. The second kappa shape index (κ2) is 5.77. The summed E-state index contributed by atoms with van der Waals surface area (Å²) in [6.45, 7) is 0.179. The van der Waals surface area contributed by atoms with Gasteiger partial charge in [-0.1, -0.05) is 22.0 Å². The maximum Gasteiger partial charge on any atom is 0.302 e. The second-order valence-electron chi connectivity index (χ2n) is 4.79. The summed E-state index contributed by atoms with van der Waals surface area (Å²) in [5, 5.41) is 0. The number of nitrogens with zero attached hydrogens (tertiary/aromatic N) is 1. The Bertz CT molecular complexity index is 636. The van der Waals surface area contributed by atoms with Crippen LogP contribution in [0.1, 0.15) is 12.0 Å². The van der Waals surface area contributed by atoms with Crippen LogP contribution in [0.2, 0.25) is 0 Å². The Balaban J connectivity index is 2.05. The van der Waals surface area contributed by atoms with E-state index in [-0.39, 0.29) is 25.4 Å². The molecule has 1 aliphatic heterocycles. The van der Waals surface area contributed by atoms with E-state index in [1.165, 1.54) is 11.0 Å². The van der Waals surface area contributed by atoms with Gasteiger partial charge in [-0.2, -0.15) is 8.42 Å². The lowest BCUT2D eigenvalue weighted by Gasteiger charge is -2.17. The number of halogens is 3. The topological polar surface area (TPSA) is 54.5 Å². The monoisotopic (exact) mass is 367 g/mol. The predicted molar refractivity (Wildman–Crippen MR) is 72.5 cm³/mol. The molecule has 1 aromatic rings. The highest BCUT2D eigenvalue weighted by atomic mass is 79.9. The molecule has 0 saturated carbocycles. The van der Waals surface area contributed by atoms with Crippen LogP contribution in [0.3, 0.4) is 0 Å². The van der Waals surface area contributed by atoms with E-state index in [0.717, 1.165) is 0 Å². The predicted octanol–water partition coefficient (Wildman–Crippen LogP) is 2.24. The normalized spacial score (nSPS) is 19.6. The van der Waals surface area contributed by atoms with Gasteiger partial charge in [-0.05, 0) is 12.1 Å². The number of rotatable bonds is 4. The molecule has 0 bridgehead atoms. The molecule has 110 valence electrons. The standard InChI is InChI=1S/C12H12BrF2NO3S/c13-10-2-1-9(11(14)4-10)6-16-5-8(3-12(16)17)7-20(15,18)19/h1-2,4,8H,3,5-7H2. The first-order valence-electron chi connectivity index (χ1n) is 5.88. The quantitative estimate of drug-likeness (QED) is 0.766. The Morgan fingerprint density at radius 2 is 2.10 bits per heavy atom. The van der Waals surface area contributed by atoms with Crippen molar-refractivity contribution in [3.8, 4) is 0 Å². The van der Waals surface area contributed by atoms with E-state index in [4.69, 9.17) is 0 Å². The van der Waals surface area contributed by atoms with E-state index in [0.29, 0.717) is 10.0 Å². The molecular formula is C12H12BrF2NO3S. The number of hydrogen-bond donors (Lipinski definition) is 0. The van der Waals surface area contributed by atoms with Gasteiger partial charge >= 0.3 is 10.2 Å². The van der Waals surface area contributed by atoms with E-state index in [1.54, 1.807) is 12.1 Å². The van der Waals surface area contributed by atoms with Crippen LogP contribution in [0.5, 0.6) is 0 Å². The van der Waals surface area contributed by atoms with Crippen molar-refractivity contribution in [2.75, 3.05) is 12.3 Å². The van der Waals surface area contributed by atoms with Crippen molar-refractivity contribution in [3.05, 3.63) is 34.1 Å². The first-order valence-corrected chi connectivity index (χ1v) is 8.23. The molecule has 2 rings (SSSR count). The van der Waals surface area contributed by atoms with Gasteiger partial charge in [0.25, 0.3) is 0 Å². The summed E-state index contributed by atoms with van der Waals surface area (Å²) in [6.07, 6.45) is -0.0265. The average molecular weight is 368 g/mol. The number of amides is 1. The van der Waals surface area contributed by atoms with E-state index in [2.05, 4.69) is 15.9 Å². The third-order valence-corrected chi connectivity index (χ3v) is 4.47. The number of carbonyl (C=O) groups is 1. The van der Waals surface area contributed by atoms with Crippen molar-refractivity contribution in [2.45, 2.75) is 13.0 Å². The first kappa shape index (κ1) is 15.4. The summed E-state index contributed by atoms with van der Waals surface area (Å²) < 4.78 is 48.1. The van der Waals surface area contributed by atoms with E-state index < -0.39 is 27.7 Å². The minimum Gasteiger partial charge on any atom is -0.338 e. The van der Waals surface area contributed by atoms with Gasteiger partial charge in [-0.25, -0.2) is 4.39 Å². The maximum atomic E-state index is 13.7. The van der Waals surface area contributed by atoms with Gasteiger partial charge in [0.1, 0.15) is 5.82 Å². The summed E-state index contributed by atoms with van der Waals surface area (Å²) in [5.41, 5.74) is 0.338. The van der Waals surface area contributed by atoms with Crippen molar-refractivity contribution in [2.24, 2.45) is 5.92 Å². The maximum absolute atomic E-state index is 13.7. The molecule has 1 aliphatic rings. The number of hydrogen-bond acceptors (Lipinski definition) is 3. The molecule has 4 nitrogen and oxygen atoms in total. The molecule has 0 radical (unpaired) electrons. The minimum absolute atomic E-state index is 0.0265. The molecule has 8 heteroatoms. The zero-order valence-corrected chi connectivity index (χ0v) is 12.8. The first-order chi connectivity index (χ1) is 9.24. The molecule has 20 heavy (non-hydrogen) atoms. The van der Waals surface area contributed by atoms with Gasteiger partial charge in [0, 0.05) is 35.5 Å². The highest BCUT2D eigenvalue weighted by Crippen LogP contribution is 2.24. The molecule has 0 aliphatic carbocycles. The summed E-state index contributed by atoms with van der Waals surface area (Å²) >= 11 is 3.13. The van der Waals surface area contributed by atoms with E-state index in [9.17, 15) is 21.5 Å². The Kier molecular flexibility index (Phi) is 4.43. The van der Waals surface area contributed by atoms with Crippen LogP contribution in [-0.2, 0) is 21.6 Å². The fraction of sp³-hybridized carbons (Fsp3) is 0.417. The SMILES string of the molecule is O=C1CC(CS(=O)(=O)F)CN1Cc1ccc(Br)cc1F. The highest BCUT2D eigenvalue weighted by Gasteiger charge is 2.33. The molecule has 1 heterocycles. The second-order valence-corrected chi connectivity index (χ2v) is 7.11. The Morgan fingerprint density at radius 1 is 1.40 bits per heavy atom. The van der Waals surface area contributed by atoms with Crippen molar-refractivity contribution in [1.82, 2.24) is 4.90 Å². The van der Waals surface area contributed by atoms with Crippen LogP contribution in [0, 0.1) is 11.7 Å². The lowest BCUT2D eigenvalue weighted by atomic mass is 10.1. The molecule has 1 saturated heterocycles. The van der Waals surface area contributed by atoms with Crippen LogP contribution in [0.25, 0.3) is 0 Å². The summed E-state index contributed by atoms with van der Waals surface area (Å²) in [6, 6.07) is 4.49. The highest BCUT2D eigenvalue weighted by molar-refractivity contribution is 9.10. The Morgan fingerprint density at radius 3 is 2.70 bits per heavy atom. The zero-order chi connectivity index (χ0) is 14.9. The van der Waals surface area contributed by atoms with Gasteiger partial charge in [-0.15, -0.1) is 3.89 Å². The Labute approximate surface area is 124 Å².